The zero-order valence-corrected chi connectivity index (χ0v) is 9.02. The Hall–Kier alpha value is -0.870. The van der Waals surface area contributed by atoms with Crippen LogP contribution in [0.15, 0.2) is 24.3 Å². The molecule has 1 aromatic rings. The topological polar surface area (TPSA) is 89.8 Å². The maximum atomic E-state index is 10.5. The van der Waals surface area contributed by atoms with Gasteiger partial charge in [-0.15, -0.1) is 0 Å². The summed E-state index contributed by atoms with van der Waals surface area (Å²) < 4.78 is 10.5. The van der Waals surface area contributed by atoms with Gasteiger partial charge in [0, 0.05) is 0 Å². The van der Waals surface area contributed by atoms with Crippen LogP contribution in [0.3, 0.4) is 0 Å². The molecule has 84 valence electrons. The fraction of sp³-hybridized carbons (Fsp3) is 0.333. The molecule has 15 heavy (non-hydrogen) atoms. The van der Waals surface area contributed by atoms with Crippen molar-refractivity contribution < 1.29 is 19.5 Å². The van der Waals surface area contributed by atoms with Crippen molar-refractivity contribution in [2.75, 3.05) is 12.8 Å². The van der Waals surface area contributed by atoms with Gasteiger partial charge < -0.3 is 20.2 Å². The average molecular weight is 231 g/mol. The molecule has 0 atom stereocenters. The predicted octanol–water partition coefficient (Wildman–Crippen LogP) is 0.659. The quantitative estimate of drug-likeness (QED) is 0.441. The summed E-state index contributed by atoms with van der Waals surface area (Å²) in [5.74, 6) is 0.210. The monoisotopic (exact) mass is 231 g/mol. The van der Waals surface area contributed by atoms with Crippen molar-refractivity contribution >= 4 is 7.60 Å². The Bertz CT molecular complexity index is 346. The van der Waals surface area contributed by atoms with Crippen LogP contribution in [0.4, 0.5) is 0 Å². The minimum atomic E-state index is -3.95. The Morgan fingerprint density at radius 2 is 1.80 bits per heavy atom. The number of nitrogens with one attached hydrogen (secondary N) is 1. The van der Waals surface area contributed by atoms with E-state index >= 15 is 0 Å². The fourth-order valence-corrected chi connectivity index (χ4v) is 1.57. The van der Waals surface area contributed by atoms with E-state index in [1.807, 2.05) is 0 Å². The maximum Gasteiger partial charge on any atom is 0.339 e. The summed E-state index contributed by atoms with van der Waals surface area (Å²) in [5, 5.41) is 11.7. The minimum absolute atomic E-state index is 0.210. The first-order valence-electron chi connectivity index (χ1n) is 4.50. The second-order valence-corrected chi connectivity index (χ2v) is 4.88. The Labute approximate surface area is 87.9 Å². The van der Waals surface area contributed by atoms with Crippen molar-refractivity contribution in [1.82, 2.24) is 5.32 Å². The lowest BCUT2D eigenvalue weighted by Crippen LogP contribution is -2.18. The Morgan fingerprint density at radius 3 is 2.33 bits per heavy atom. The van der Waals surface area contributed by atoms with Gasteiger partial charge in [0.15, 0.2) is 0 Å². The molecule has 6 heteroatoms. The van der Waals surface area contributed by atoms with Crippen LogP contribution in [0.5, 0.6) is 5.75 Å². The highest BCUT2D eigenvalue weighted by Crippen LogP contribution is 2.31. The minimum Gasteiger partial charge on any atom is -0.508 e. The van der Waals surface area contributed by atoms with Crippen LogP contribution < -0.4 is 5.32 Å². The van der Waals surface area contributed by atoms with Gasteiger partial charge in [-0.2, -0.15) is 0 Å². The van der Waals surface area contributed by atoms with Crippen LogP contribution in [0.1, 0.15) is 5.56 Å². The second-order valence-electron chi connectivity index (χ2n) is 3.24. The number of phenolic OH excluding ortho intramolecular Hbond substituents is 1. The summed E-state index contributed by atoms with van der Waals surface area (Å²) in [5.41, 5.74) is 1.01. The van der Waals surface area contributed by atoms with Crippen molar-refractivity contribution in [2.24, 2.45) is 0 Å². The number of phenols is 1. The first kappa shape index (κ1) is 12.2. The lowest BCUT2D eigenvalue weighted by Gasteiger charge is -2.06. The lowest BCUT2D eigenvalue weighted by molar-refractivity contribution is 0.368. The van der Waals surface area contributed by atoms with Crippen LogP contribution in [0.2, 0.25) is 0 Å². The van der Waals surface area contributed by atoms with E-state index in [9.17, 15) is 4.57 Å². The molecule has 0 heterocycles. The summed E-state index contributed by atoms with van der Waals surface area (Å²) in [4.78, 5) is 17.1. The molecule has 0 saturated heterocycles. The Morgan fingerprint density at radius 1 is 1.20 bits per heavy atom. The summed E-state index contributed by atoms with van der Waals surface area (Å²) >= 11 is 0. The van der Waals surface area contributed by atoms with Gasteiger partial charge in [-0.05, 0) is 30.7 Å². The van der Waals surface area contributed by atoms with E-state index in [1.165, 1.54) is 0 Å². The average Bonchev–Trinajstić information content (AvgIpc) is 2.14. The molecule has 0 spiro atoms. The molecule has 0 aliphatic rings. The van der Waals surface area contributed by atoms with Crippen LogP contribution in [0.25, 0.3) is 0 Å². The summed E-state index contributed by atoms with van der Waals surface area (Å²) in [7, 11) is -3.95. The third-order valence-corrected chi connectivity index (χ3v) is 2.48. The van der Waals surface area contributed by atoms with Crippen LogP contribution >= 0.6 is 7.60 Å². The highest BCUT2D eigenvalue weighted by Gasteiger charge is 2.10. The SMILES string of the molecule is O=P(O)(O)CNCCc1ccc(O)cc1. The molecule has 0 bridgehead atoms. The lowest BCUT2D eigenvalue weighted by atomic mass is 10.1. The molecule has 0 saturated carbocycles. The molecule has 0 amide bonds. The number of hydrogen-bond acceptors (Lipinski definition) is 3. The number of rotatable bonds is 5. The van der Waals surface area contributed by atoms with Crippen LogP contribution in [-0.2, 0) is 11.0 Å². The molecule has 5 nitrogen and oxygen atoms in total. The van der Waals surface area contributed by atoms with Gasteiger partial charge in [0.25, 0.3) is 0 Å². The molecule has 1 rings (SSSR count). The molecule has 0 aliphatic heterocycles. The van der Waals surface area contributed by atoms with Gasteiger partial charge in [0.2, 0.25) is 0 Å². The van der Waals surface area contributed by atoms with E-state index < -0.39 is 7.60 Å². The second kappa shape index (κ2) is 5.28. The van der Waals surface area contributed by atoms with Crippen molar-refractivity contribution in [3.8, 4) is 5.75 Å². The highest BCUT2D eigenvalue weighted by molar-refractivity contribution is 7.51. The number of benzene rings is 1. The molecule has 0 aromatic heterocycles. The normalized spacial score (nSPS) is 11.6. The molecule has 1 aromatic carbocycles. The first-order valence-corrected chi connectivity index (χ1v) is 6.30. The fourth-order valence-electron chi connectivity index (χ4n) is 1.12. The number of aromatic hydroxyl groups is 1. The molecular weight excluding hydrogens is 217 g/mol. The highest BCUT2D eigenvalue weighted by atomic mass is 31.2. The summed E-state index contributed by atoms with van der Waals surface area (Å²) in [6.07, 6.45) is 0.366. The van der Waals surface area contributed by atoms with Crippen molar-refractivity contribution in [3.05, 3.63) is 29.8 Å². The van der Waals surface area contributed by atoms with E-state index in [-0.39, 0.29) is 12.0 Å². The van der Waals surface area contributed by atoms with Gasteiger partial charge in [-0.25, -0.2) is 0 Å². The van der Waals surface area contributed by atoms with Crippen molar-refractivity contribution in [2.45, 2.75) is 6.42 Å². The Balaban J connectivity index is 2.26. The summed E-state index contributed by atoms with van der Waals surface area (Å²) in [6.45, 7) is 0.496. The third kappa shape index (κ3) is 5.54. The van der Waals surface area contributed by atoms with Gasteiger partial charge >= 0.3 is 7.60 Å². The Kier molecular flexibility index (Phi) is 4.29. The van der Waals surface area contributed by atoms with Gasteiger partial charge in [0.1, 0.15) is 5.75 Å². The van der Waals surface area contributed by atoms with Crippen LogP contribution in [0, 0.1) is 0 Å². The van der Waals surface area contributed by atoms with Crippen LogP contribution in [-0.4, -0.2) is 27.7 Å². The predicted molar refractivity (Wildman–Crippen MR) is 56.7 cm³/mol. The molecule has 4 N–H and O–H groups in total. The number of hydrogen-bond donors (Lipinski definition) is 4. The zero-order chi connectivity index (χ0) is 11.3. The zero-order valence-electron chi connectivity index (χ0n) is 8.13. The maximum absolute atomic E-state index is 10.5. The molecule has 0 aliphatic carbocycles. The van der Waals surface area contributed by atoms with Gasteiger partial charge in [-0.1, -0.05) is 12.1 Å². The molecule has 0 radical (unpaired) electrons. The first-order chi connectivity index (χ1) is 6.97. The van der Waals surface area contributed by atoms with Crippen molar-refractivity contribution in [1.29, 1.82) is 0 Å². The van der Waals surface area contributed by atoms with E-state index in [4.69, 9.17) is 14.9 Å². The third-order valence-electron chi connectivity index (χ3n) is 1.84. The molecule has 0 unspecified atom stereocenters. The van der Waals surface area contributed by atoms with Gasteiger partial charge in [0.05, 0.1) is 6.29 Å². The van der Waals surface area contributed by atoms with E-state index in [2.05, 4.69) is 5.32 Å². The standard InChI is InChI=1S/C9H14NO4P/c11-9-3-1-8(2-4-9)5-6-10-7-15(12,13)14/h1-4,10-11H,5-7H2,(H2,12,13,14). The largest absolute Gasteiger partial charge is 0.508 e. The van der Waals surface area contributed by atoms with E-state index in [1.54, 1.807) is 24.3 Å². The van der Waals surface area contributed by atoms with Gasteiger partial charge in [-0.3, -0.25) is 4.57 Å². The smallest absolute Gasteiger partial charge is 0.339 e. The summed E-state index contributed by atoms with van der Waals surface area (Å²) in [6, 6.07) is 6.71. The van der Waals surface area contributed by atoms with E-state index in [0.29, 0.717) is 13.0 Å². The van der Waals surface area contributed by atoms with E-state index in [0.717, 1.165) is 5.56 Å². The molecular formula is C9H14NO4P. The van der Waals surface area contributed by atoms with Crippen molar-refractivity contribution in [3.63, 3.8) is 0 Å². The molecule has 0 fully saturated rings.